The number of halogens is 1. The van der Waals surface area contributed by atoms with E-state index >= 15 is 0 Å². The number of carbonyl (C=O) groups is 1. The number of fused-ring (bicyclic) bond motifs is 1. The summed E-state index contributed by atoms with van der Waals surface area (Å²) >= 11 is 6.26. The maximum Gasteiger partial charge on any atom is 0.335 e. The lowest BCUT2D eigenvalue weighted by molar-refractivity contribution is -0.0592. The lowest BCUT2D eigenvalue weighted by Gasteiger charge is -2.32. The molecule has 0 spiro atoms. The summed E-state index contributed by atoms with van der Waals surface area (Å²) in [4.78, 5) is 18.8. The van der Waals surface area contributed by atoms with Crippen molar-refractivity contribution in [3.05, 3.63) is 76.2 Å². The molecule has 6 rings (SSSR count). The minimum absolute atomic E-state index is 0.138. The van der Waals surface area contributed by atoms with Gasteiger partial charge in [-0.05, 0) is 49.6 Å². The molecule has 0 bridgehead atoms. The van der Waals surface area contributed by atoms with E-state index < -0.39 is 5.97 Å². The monoisotopic (exact) mass is 560 g/mol. The van der Waals surface area contributed by atoms with Gasteiger partial charge in [0.05, 0.1) is 53.5 Å². The number of carboxylic acids is 1. The van der Waals surface area contributed by atoms with Gasteiger partial charge in [0, 0.05) is 42.5 Å². The molecule has 206 valence electrons. The van der Waals surface area contributed by atoms with Gasteiger partial charge >= 0.3 is 5.97 Å². The van der Waals surface area contributed by atoms with Crippen LogP contribution in [0, 0.1) is 11.3 Å². The molecule has 2 saturated heterocycles. The maximum absolute atomic E-state index is 11.6. The molecule has 1 atom stereocenters. The molecule has 0 unspecified atom stereocenters. The Balaban J connectivity index is 1.08. The number of piperidine rings is 1. The van der Waals surface area contributed by atoms with Crippen molar-refractivity contribution in [2.45, 2.75) is 51.1 Å². The summed E-state index contributed by atoms with van der Waals surface area (Å²) in [5.41, 5.74) is 3.23. The van der Waals surface area contributed by atoms with E-state index in [1.165, 1.54) is 0 Å². The van der Waals surface area contributed by atoms with Crippen molar-refractivity contribution in [2.24, 2.45) is 0 Å². The third-order valence-corrected chi connectivity index (χ3v) is 8.04. The number of nitrogens with zero attached hydrogens (tertiary/aromatic N) is 6. The summed E-state index contributed by atoms with van der Waals surface area (Å²) in [5, 5.41) is 23.6. The van der Waals surface area contributed by atoms with E-state index in [-0.39, 0.29) is 24.3 Å². The Morgan fingerprint density at radius 2 is 2.00 bits per heavy atom. The zero-order valence-electron chi connectivity index (χ0n) is 21.9. The minimum atomic E-state index is -0.941. The number of hydrogen-bond acceptors (Lipinski definition) is 7. The van der Waals surface area contributed by atoms with Crippen molar-refractivity contribution >= 4 is 28.6 Å². The van der Waals surface area contributed by atoms with Gasteiger partial charge in [-0.25, -0.2) is 9.78 Å². The normalized spacial score (nSPS) is 17.9. The fourth-order valence-corrected chi connectivity index (χ4v) is 5.53. The zero-order chi connectivity index (χ0) is 27.6. The van der Waals surface area contributed by atoms with Crippen molar-refractivity contribution in [1.29, 1.82) is 5.26 Å². The molecule has 1 N–H and O–H groups in total. The number of carboxylic acid groups (broad SMARTS) is 1. The predicted octanol–water partition coefficient (Wildman–Crippen LogP) is 4.66. The molecule has 0 radical (unpaired) electrons. The van der Waals surface area contributed by atoms with Gasteiger partial charge in [0.25, 0.3) is 0 Å². The Morgan fingerprint density at radius 1 is 1.18 bits per heavy atom. The third-order valence-electron chi connectivity index (χ3n) is 7.69. The first-order chi connectivity index (χ1) is 19.5. The molecule has 0 aliphatic carbocycles. The van der Waals surface area contributed by atoms with Crippen molar-refractivity contribution in [1.82, 2.24) is 24.2 Å². The van der Waals surface area contributed by atoms with Crippen LogP contribution in [0.4, 0.5) is 0 Å². The lowest BCUT2D eigenvalue weighted by atomic mass is 10.1. The largest absolute Gasteiger partial charge is 0.478 e. The van der Waals surface area contributed by atoms with E-state index in [4.69, 9.17) is 31.3 Å². The van der Waals surface area contributed by atoms with Crippen LogP contribution in [-0.2, 0) is 24.4 Å². The van der Waals surface area contributed by atoms with Crippen LogP contribution in [0.1, 0.15) is 52.6 Å². The molecule has 40 heavy (non-hydrogen) atoms. The summed E-state index contributed by atoms with van der Waals surface area (Å²) in [6.07, 6.45) is 4.97. The number of hydrogen-bond donors (Lipinski definition) is 1. The van der Waals surface area contributed by atoms with Crippen molar-refractivity contribution in [3.63, 3.8) is 0 Å². The molecule has 2 aromatic heterocycles. The standard InChI is InChI=1S/C29H29ClN6O4/c30-24-13-19(15-31)1-2-21(24)18-40-28-7-11-36(33-28)22-5-9-34(10-6-22)17-27-32-25-4-3-20(29(37)38)14-26(25)35(27)16-23-8-12-39-23/h1-4,7,11,13-14,22-23H,5-6,8-10,12,16-18H2,(H,37,38)/t23-/m0/s1. The van der Waals surface area contributed by atoms with Crippen LogP contribution in [0.15, 0.2) is 48.7 Å². The van der Waals surface area contributed by atoms with E-state index in [9.17, 15) is 9.90 Å². The summed E-state index contributed by atoms with van der Waals surface area (Å²) in [6.45, 7) is 4.20. The number of imidazole rings is 1. The van der Waals surface area contributed by atoms with Gasteiger partial charge in [-0.1, -0.05) is 17.7 Å². The molecule has 4 aromatic rings. The summed E-state index contributed by atoms with van der Waals surface area (Å²) < 4.78 is 15.7. The molecule has 10 nitrogen and oxygen atoms in total. The van der Waals surface area contributed by atoms with Crippen LogP contribution < -0.4 is 4.74 Å². The van der Waals surface area contributed by atoms with Crippen molar-refractivity contribution in [3.8, 4) is 11.9 Å². The Kier molecular flexibility index (Phi) is 7.43. The number of likely N-dealkylation sites (tertiary alicyclic amines) is 1. The number of aromatic carboxylic acids is 1. The van der Waals surface area contributed by atoms with Gasteiger partial charge in [0.1, 0.15) is 12.4 Å². The van der Waals surface area contributed by atoms with Gasteiger partial charge in [-0.3, -0.25) is 9.58 Å². The van der Waals surface area contributed by atoms with Crippen molar-refractivity contribution < 1.29 is 19.4 Å². The molecule has 0 saturated carbocycles. The summed E-state index contributed by atoms with van der Waals surface area (Å²) in [7, 11) is 0. The molecule has 2 fully saturated rings. The highest BCUT2D eigenvalue weighted by molar-refractivity contribution is 6.31. The van der Waals surface area contributed by atoms with Crippen LogP contribution in [0.5, 0.6) is 5.88 Å². The molecule has 2 aliphatic heterocycles. The van der Waals surface area contributed by atoms with E-state index in [0.29, 0.717) is 29.6 Å². The molecule has 0 amide bonds. The third kappa shape index (κ3) is 5.54. The van der Waals surface area contributed by atoms with Crippen molar-refractivity contribution in [2.75, 3.05) is 19.7 Å². The lowest BCUT2D eigenvalue weighted by Crippen LogP contribution is -2.36. The molecule has 4 heterocycles. The number of rotatable bonds is 9. The highest BCUT2D eigenvalue weighted by Crippen LogP contribution is 2.27. The van der Waals surface area contributed by atoms with E-state index in [1.807, 2.05) is 16.9 Å². The first-order valence-corrected chi connectivity index (χ1v) is 13.8. The van der Waals surface area contributed by atoms with Crippen LogP contribution in [-0.4, -0.2) is 61.1 Å². The average molecular weight is 561 g/mol. The number of nitriles is 1. The Labute approximate surface area is 236 Å². The number of aromatic nitrogens is 4. The SMILES string of the molecule is N#Cc1ccc(COc2ccn(C3CCN(Cc4nc5ccc(C(=O)O)cc5n4C[C@@H]4CCO4)CC3)n2)c(Cl)c1. The van der Waals surface area contributed by atoms with Crippen LogP contribution in [0.2, 0.25) is 5.02 Å². The maximum atomic E-state index is 11.6. The second-order valence-corrected chi connectivity index (χ2v) is 10.7. The Morgan fingerprint density at radius 3 is 2.70 bits per heavy atom. The van der Waals surface area contributed by atoms with E-state index in [1.54, 1.807) is 36.4 Å². The van der Waals surface area contributed by atoms with Gasteiger partial charge in [-0.2, -0.15) is 5.26 Å². The summed E-state index contributed by atoms with van der Waals surface area (Å²) in [5.74, 6) is 0.529. The second-order valence-electron chi connectivity index (χ2n) is 10.3. The van der Waals surface area contributed by atoms with Crippen LogP contribution in [0.3, 0.4) is 0 Å². The number of benzene rings is 2. The first kappa shape index (κ1) is 26.3. The minimum Gasteiger partial charge on any atom is -0.478 e. The predicted molar refractivity (Wildman–Crippen MR) is 147 cm³/mol. The average Bonchev–Trinajstić information content (AvgIpc) is 3.54. The van der Waals surface area contributed by atoms with Gasteiger partial charge in [0.15, 0.2) is 0 Å². The fraction of sp³-hybridized carbons (Fsp3) is 0.379. The highest BCUT2D eigenvalue weighted by atomic mass is 35.5. The molecule has 11 heteroatoms. The second kappa shape index (κ2) is 11.3. The van der Waals surface area contributed by atoms with Gasteiger partial charge < -0.3 is 19.1 Å². The Bertz CT molecular complexity index is 1580. The molecular formula is C29H29ClN6O4. The smallest absolute Gasteiger partial charge is 0.335 e. The van der Waals surface area contributed by atoms with E-state index in [0.717, 1.165) is 61.4 Å². The topological polar surface area (TPSA) is 118 Å². The Hall–Kier alpha value is -3.91. The highest BCUT2D eigenvalue weighted by Gasteiger charge is 2.26. The van der Waals surface area contributed by atoms with E-state index in [2.05, 4.69) is 20.6 Å². The van der Waals surface area contributed by atoms with Crippen LogP contribution in [0.25, 0.3) is 11.0 Å². The fourth-order valence-electron chi connectivity index (χ4n) is 5.29. The quantitative estimate of drug-likeness (QED) is 0.314. The summed E-state index contributed by atoms with van der Waals surface area (Å²) in [6, 6.07) is 14.5. The zero-order valence-corrected chi connectivity index (χ0v) is 22.6. The van der Waals surface area contributed by atoms with Crippen LogP contribution >= 0.6 is 11.6 Å². The molecule has 2 aliphatic rings. The molecular weight excluding hydrogens is 532 g/mol. The van der Waals surface area contributed by atoms with Gasteiger partial charge in [0.2, 0.25) is 5.88 Å². The number of ether oxygens (including phenoxy) is 2. The van der Waals surface area contributed by atoms with Gasteiger partial charge in [-0.15, -0.1) is 5.10 Å². The first-order valence-electron chi connectivity index (χ1n) is 13.4. The molecule has 2 aromatic carbocycles.